The topological polar surface area (TPSA) is 81.7 Å². The molecule has 1 amide bonds. The van der Waals surface area contributed by atoms with Gasteiger partial charge >= 0.3 is 11.9 Å². The highest BCUT2D eigenvalue weighted by molar-refractivity contribution is 6.02. The number of hydrogen-bond acceptors (Lipinski definition) is 5. The largest absolute Gasteiger partial charge is 0.468 e. The highest BCUT2D eigenvalue weighted by Crippen LogP contribution is 2.28. The highest BCUT2D eigenvalue weighted by Gasteiger charge is 2.43. The molecular weight excluding hydrogens is 317 g/mol. The Morgan fingerprint density at radius 3 is 1.83 bits per heavy atom. The summed E-state index contributed by atoms with van der Waals surface area (Å²) in [6, 6.07) is 5.00. The van der Waals surface area contributed by atoms with Crippen LogP contribution in [0, 0.1) is 11.7 Å². The molecule has 6 nitrogen and oxygen atoms in total. The first kappa shape index (κ1) is 19.6. The molecule has 0 aliphatic rings. The van der Waals surface area contributed by atoms with Gasteiger partial charge in [0.25, 0.3) is 0 Å². The molecule has 0 aliphatic heterocycles. The van der Waals surface area contributed by atoms with Crippen LogP contribution in [-0.2, 0) is 23.9 Å². The number of ether oxygens (including phenoxy) is 2. The normalized spacial score (nSPS) is 12.5. The van der Waals surface area contributed by atoms with Crippen LogP contribution < -0.4 is 5.32 Å². The number of carbonyl (C=O) groups excluding carboxylic acids is 3. The van der Waals surface area contributed by atoms with Gasteiger partial charge in [0.2, 0.25) is 5.91 Å². The molecule has 1 unspecified atom stereocenters. The van der Waals surface area contributed by atoms with E-state index in [0.29, 0.717) is 5.56 Å². The van der Waals surface area contributed by atoms with Crippen molar-refractivity contribution >= 4 is 17.8 Å². The third kappa shape index (κ3) is 5.04. The number of halogens is 1. The molecule has 0 radical (unpaired) electrons. The van der Waals surface area contributed by atoms with E-state index in [-0.39, 0.29) is 0 Å². The zero-order valence-corrected chi connectivity index (χ0v) is 14.4. The molecule has 1 rings (SSSR count). The number of hydrogen-bond donors (Lipinski definition) is 1. The summed E-state index contributed by atoms with van der Waals surface area (Å²) in [5, 5.41) is 2.72. The number of methoxy groups -OCH3 is 2. The smallest absolute Gasteiger partial charge is 0.321 e. The average molecular weight is 339 g/mol. The molecule has 1 aromatic rings. The number of benzene rings is 1. The summed E-state index contributed by atoms with van der Waals surface area (Å²) in [6.45, 7) is 5.29. The van der Waals surface area contributed by atoms with Crippen molar-refractivity contribution in [3.63, 3.8) is 0 Å². The summed E-state index contributed by atoms with van der Waals surface area (Å²) in [5.41, 5.74) is -0.287. The van der Waals surface area contributed by atoms with Gasteiger partial charge in [0, 0.05) is 5.54 Å². The Hall–Kier alpha value is -2.44. The minimum absolute atomic E-state index is 0.305. The van der Waals surface area contributed by atoms with Crippen LogP contribution in [0.15, 0.2) is 24.3 Å². The summed E-state index contributed by atoms with van der Waals surface area (Å²) < 4.78 is 22.5. The number of rotatable bonds is 5. The van der Waals surface area contributed by atoms with Gasteiger partial charge in [-0.05, 0) is 38.5 Å². The van der Waals surface area contributed by atoms with Crippen molar-refractivity contribution in [2.75, 3.05) is 14.2 Å². The lowest BCUT2D eigenvalue weighted by Gasteiger charge is -2.28. The Labute approximate surface area is 140 Å². The van der Waals surface area contributed by atoms with Gasteiger partial charge in [-0.15, -0.1) is 0 Å². The second-order valence-electron chi connectivity index (χ2n) is 6.29. The molecule has 24 heavy (non-hydrogen) atoms. The van der Waals surface area contributed by atoms with Crippen LogP contribution in [0.1, 0.15) is 32.3 Å². The van der Waals surface area contributed by atoms with Gasteiger partial charge in [-0.2, -0.15) is 0 Å². The molecule has 1 atom stereocenters. The Kier molecular flexibility index (Phi) is 6.45. The second-order valence-corrected chi connectivity index (χ2v) is 6.29. The van der Waals surface area contributed by atoms with Crippen LogP contribution in [0.3, 0.4) is 0 Å². The van der Waals surface area contributed by atoms with Crippen LogP contribution in [0.2, 0.25) is 0 Å². The fourth-order valence-electron chi connectivity index (χ4n) is 2.23. The van der Waals surface area contributed by atoms with E-state index in [1.54, 1.807) is 20.8 Å². The Morgan fingerprint density at radius 1 is 1.00 bits per heavy atom. The molecular formula is C17H22FNO5. The maximum absolute atomic E-state index is 13.2. The summed E-state index contributed by atoms with van der Waals surface area (Å²) in [5.74, 6) is -5.56. The fourth-order valence-corrected chi connectivity index (χ4v) is 2.23. The average Bonchev–Trinajstić information content (AvgIpc) is 2.50. The molecule has 0 aliphatic carbocycles. The molecule has 1 aromatic carbocycles. The first-order valence-corrected chi connectivity index (χ1v) is 7.34. The lowest BCUT2D eigenvalue weighted by atomic mass is 9.84. The van der Waals surface area contributed by atoms with Gasteiger partial charge in [0.1, 0.15) is 5.82 Å². The maximum atomic E-state index is 13.2. The molecule has 0 heterocycles. The van der Waals surface area contributed by atoms with Gasteiger partial charge in [-0.1, -0.05) is 12.1 Å². The number of amides is 1. The van der Waals surface area contributed by atoms with Crippen molar-refractivity contribution in [3.05, 3.63) is 35.6 Å². The summed E-state index contributed by atoms with van der Waals surface area (Å²) in [7, 11) is 2.23. The van der Waals surface area contributed by atoms with Crippen molar-refractivity contribution in [2.45, 2.75) is 32.2 Å². The molecule has 0 saturated heterocycles. The Bertz CT molecular complexity index is 590. The SMILES string of the molecule is COC(=O)C(C(=O)OC)C(C(=O)NC(C)(C)C)c1ccc(F)cc1. The van der Waals surface area contributed by atoms with Crippen molar-refractivity contribution in [1.82, 2.24) is 5.32 Å². The molecule has 1 N–H and O–H groups in total. The minimum atomic E-state index is -1.49. The van der Waals surface area contributed by atoms with E-state index < -0.39 is 41.0 Å². The number of carbonyl (C=O) groups is 3. The van der Waals surface area contributed by atoms with Crippen molar-refractivity contribution in [2.24, 2.45) is 5.92 Å². The predicted molar refractivity (Wildman–Crippen MR) is 84.6 cm³/mol. The Balaban J connectivity index is 3.39. The molecule has 0 saturated carbocycles. The summed E-state index contributed by atoms with van der Waals surface area (Å²) >= 11 is 0. The quantitative estimate of drug-likeness (QED) is 0.653. The van der Waals surface area contributed by atoms with E-state index >= 15 is 0 Å². The number of nitrogens with one attached hydrogen (secondary N) is 1. The van der Waals surface area contributed by atoms with Gasteiger partial charge in [-0.25, -0.2) is 4.39 Å². The van der Waals surface area contributed by atoms with Gasteiger partial charge in [-0.3, -0.25) is 14.4 Å². The van der Waals surface area contributed by atoms with E-state index in [1.807, 2.05) is 0 Å². The van der Waals surface area contributed by atoms with Crippen LogP contribution in [0.25, 0.3) is 0 Å². The molecule has 0 fully saturated rings. The standard InChI is InChI=1S/C17H22FNO5/c1-17(2,3)19-14(20)12(10-6-8-11(18)9-7-10)13(15(21)23-4)16(22)24-5/h6-9,12-13H,1-5H3,(H,19,20). The zero-order valence-electron chi connectivity index (χ0n) is 14.4. The molecule has 7 heteroatoms. The number of esters is 2. The fraction of sp³-hybridized carbons (Fsp3) is 0.471. The van der Waals surface area contributed by atoms with E-state index in [0.717, 1.165) is 26.4 Å². The lowest BCUT2D eigenvalue weighted by molar-refractivity contribution is -0.162. The van der Waals surface area contributed by atoms with E-state index in [4.69, 9.17) is 0 Å². The molecule has 132 valence electrons. The van der Waals surface area contributed by atoms with E-state index in [2.05, 4.69) is 14.8 Å². The van der Waals surface area contributed by atoms with Crippen LogP contribution >= 0.6 is 0 Å². The first-order chi connectivity index (χ1) is 11.1. The molecule has 0 bridgehead atoms. The highest BCUT2D eigenvalue weighted by atomic mass is 19.1. The minimum Gasteiger partial charge on any atom is -0.468 e. The van der Waals surface area contributed by atoms with Gasteiger partial charge < -0.3 is 14.8 Å². The van der Waals surface area contributed by atoms with Gasteiger partial charge in [0.05, 0.1) is 20.1 Å². The monoisotopic (exact) mass is 339 g/mol. The van der Waals surface area contributed by atoms with Crippen LogP contribution in [0.4, 0.5) is 4.39 Å². The van der Waals surface area contributed by atoms with Gasteiger partial charge in [0.15, 0.2) is 5.92 Å². The Morgan fingerprint density at radius 2 is 1.46 bits per heavy atom. The predicted octanol–water partition coefficient (Wildman–Crippen LogP) is 1.79. The van der Waals surface area contributed by atoms with E-state index in [1.165, 1.54) is 12.1 Å². The van der Waals surface area contributed by atoms with Crippen molar-refractivity contribution < 1.29 is 28.2 Å². The third-order valence-electron chi connectivity index (χ3n) is 3.25. The molecule has 0 spiro atoms. The summed E-state index contributed by atoms with van der Waals surface area (Å²) in [4.78, 5) is 36.9. The lowest BCUT2D eigenvalue weighted by Crippen LogP contribution is -2.47. The zero-order chi connectivity index (χ0) is 18.5. The van der Waals surface area contributed by atoms with Crippen LogP contribution in [-0.4, -0.2) is 37.6 Å². The van der Waals surface area contributed by atoms with Crippen molar-refractivity contribution in [3.8, 4) is 0 Å². The molecule has 0 aromatic heterocycles. The second kappa shape index (κ2) is 7.90. The summed E-state index contributed by atoms with van der Waals surface area (Å²) in [6.07, 6.45) is 0. The van der Waals surface area contributed by atoms with Crippen LogP contribution in [0.5, 0.6) is 0 Å². The van der Waals surface area contributed by atoms with E-state index in [9.17, 15) is 18.8 Å². The third-order valence-corrected chi connectivity index (χ3v) is 3.25. The van der Waals surface area contributed by atoms with Crippen molar-refractivity contribution in [1.29, 1.82) is 0 Å². The maximum Gasteiger partial charge on any atom is 0.321 e. The first-order valence-electron chi connectivity index (χ1n) is 7.34.